The molecule has 186 valence electrons. The van der Waals surface area contributed by atoms with Gasteiger partial charge in [-0.05, 0) is 49.2 Å². The van der Waals surface area contributed by atoms with E-state index < -0.39 is 29.6 Å². The summed E-state index contributed by atoms with van der Waals surface area (Å²) >= 11 is 0. The SMILES string of the molecule is OC1CCCN(c2nc(Nc3cccc(C(F)(F)F)c3)nc(Nc3cccc(C(F)(F)F)c3)n2)C1. The Morgan fingerprint density at radius 1 is 0.800 bits per heavy atom. The molecule has 1 unspecified atom stereocenters. The predicted octanol–water partition coefficient (Wildman–Crippen LogP) is 5.36. The lowest BCUT2D eigenvalue weighted by molar-refractivity contribution is -0.138. The summed E-state index contributed by atoms with van der Waals surface area (Å²) in [5.74, 6) is -0.129. The zero-order valence-corrected chi connectivity index (χ0v) is 18.0. The van der Waals surface area contributed by atoms with Crippen LogP contribution in [0.25, 0.3) is 0 Å². The summed E-state index contributed by atoms with van der Waals surface area (Å²) in [6.07, 6.45) is -8.49. The lowest BCUT2D eigenvalue weighted by atomic mass is 10.1. The Kier molecular flexibility index (Phi) is 6.70. The molecule has 3 N–H and O–H groups in total. The van der Waals surface area contributed by atoms with Gasteiger partial charge in [0.15, 0.2) is 0 Å². The first kappa shape index (κ1) is 24.5. The van der Waals surface area contributed by atoms with Crippen molar-refractivity contribution in [2.45, 2.75) is 31.3 Å². The smallest absolute Gasteiger partial charge is 0.391 e. The number of hydrogen-bond donors (Lipinski definition) is 3. The molecule has 0 saturated carbocycles. The number of halogens is 6. The Balaban J connectivity index is 1.67. The van der Waals surface area contributed by atoms with Gasteiger partial charge in [0, 0.05) is 24.5 Å². The molecule has 1 fully saturated rings. The van der Waals surface area contributed by atoms with Crippen molar-refractivity contribution in [2.75, 3.05) is 28.6 Å². The molecule has 1 saturated heterocycles. The van der Waals surface area contributed by atoms with Crippen LogP contribution in [0.4, 0.5) is 55.6 Å². The van der Waals surface area contributed by atoms with Crippen LogP contribution in [0.2, 0.25) is 0 Å². The number of aromatic nitrogens is 3. The zero-order valence-electron chi connectivity index (χ0n) is 18.0. The third-order valence-electron chi connectivity index (χ3n) is 5.20. The molecule has 0 bridgehead atoms. The van der Waals surface area contributed by atoms with Crippen LogP contribution < -0.4 is 15.5 Å². The molecule has 1 aromatic heterocycles. The third-order valence-corrected chi connectivity index (χ3v) is 5.20. The molecule has 1 aliphatic rings. The normalized spacial score (nSPS) is 16.8. The Labute approximate surface area is 195 Å². The summed E-state index contributed by atoms with van der Waals surface area (Å²) in [4.78, 5) is 14.3. The van der Waals surface area contributed by atoms with Gasteiger partial charge < -0.3 is 20.6 Å². The van der Waals surface area contributed by atoms with Crippen LogP contribution in [-0.4, -0.2) is 39.3 Å². The van der Waals surface area contributed by atoms with Crippen molar-refractivity contribution in [3.8, 4) is 0 Å². The molecule has 0 spiro atoms. The molecule has 2 heterocycles. The zero-order chi connectivity index (χ0) is 25.2. The van der Waals surface area contributed by atoms with E-state index in [2.05, 4.69) is 25.6 Å². The van der Waals surface area contributed by atoms with Crippen molar-refractivity contribution >= 4 is 29.2 Å². The highest BCUT2D eigenvalue weighted by Crippen LogP contribution is 2.33. The van der Waals surface area contributed by atoms with E-state index in [0.29, 0.717) is 19.4 Å². The quantitative estimate of drug-likeness (QED) is 0.409. The number of benzene rings is 2. The lowest BCUT2D eigenvalue weighted by Crippen LogP contribution is -2.39. The minimum atomic E-state index is -4.55. The van der Waals surface area contributed by atoms with E-state index in [1.54, 1.807) is 4.90 Å². The Hall–Kier alpha value is -3.61. The fourth-order valence-corrected chi connectivity index (χ4v) is 3.56. The second kappa shape index (κ2) is 9.56. The van der Waals surface area contributed by atoms with E-state index in [0.717, 1.165) is 24.3 Å². The molecule has 0 aliphatic carbocycles. The van der Waals surface area contributed by atoms with Crippen molar-refractivity contribution in [1.82, 2.24) is 15.0 Å². The standard InChI is InChI=1S/C22H20F6N6O/c23-21(24,25)13-4-1-6-15(10-13)29-18-31-19(30-16-7-2-5-14(11-16)22(26,27)28)33-20(32-18)34-9-3-8-17(35)12-34/h1-2,4-7,10-11,17,35H,3,8-9,12H2,(H2,29,30,31,32,33). The molecule has 1 aliphatic heterocycles. The van der Waals surface area contributed by atoms with Gasteiger partial charge in [0.25, 0.3) is 0 Å². The van der Waals surface area contributed by atoms with Gasteiger partial charge in [0.2, 0.25) is 17.8 Å². The largest absolute Gasteiger partial charge is 0.416 e. The fourth-order valence-electron chi connectivity index (χ4n) is 3.56. The van der Waals surface area contributed by atoms with E-state index in [9.17, 15) is 31.4 Å². The number of alkyl halides is 6. The first-order valence-electron chi connectivity index (χ1n) is 10.5. The second-order valence-corrected chi connectivity index (χ2v) is 7.93. The van der Waals surface area contributed by atoms with E-state index in [1.807, 2.05) is 0 Å². The van der Waals surface area contributed by atoms with E-state index >= 15 is 0 Å². The molecular formula is C22H20F6N6O. The van der Waals surface area contributed by atoms with Crippen molar-refractivity contribution in [1.29, 1.82) is 0 Å². The van der Waals surface area contributed by atoms with Crippen molar-refractivity contribution in [3.05, 3.63) is 59.7 Å². The number of β-amino-alcohol motifs (C(OH)–C–C–N with tert-alkyl or cyclic N) is 1. The number of rotatable bonds is 5. The molecule has 4 rings (SSSR count). The van der Waals surface area contributed by atoms with Crippen molar-refractivity contribution < 1.29 is 31.4 Å². The second-order valence-electron chi connectivity index (χ2n) is 7.93. The van der Waals surface area contributed by atoms with Crippen LogP contribution in [0.5, 0.6) is 0 Å². The van der Waals surface area contributed by atoms with Gasteiger partial charge in [-0.1, -0.05) is 12.1 Å². The van der Waals surface area contributed by atoms with E-state index in [4.69, 9.17) is 0 Å². The summed E-state index contributed by atoms with van der Waals surface area (Å²) < 4.78 is 78.5. The van der Waals surface area contributed by atoms with Gasteiger partial charge in [-0.25, -0.2) is 0 Å². The minimum absolute atomic E-state index is 0.0562. The molecule has 7 nitrogen and oxygen atoms in total. The van der Waals surface area contributed by atoms with Gasteiger partial charge in [0.05, 0.1) is 17.2 Å². The van der Waals surface area contributed by atoms with Crippen LogP contribution >= 0.6 is 0 Å². The summed E-state index contributed by atoms with van der Waals surface area (Å²) in [6.45, 7) is 0.725. The van der Waals surface area contributed by atoms with Crippen molar-refractivity contribution in [2.24, 2.45) is 0 Å². The van der Waals surface area contributed by atoms with E-state index in [-0.39, 0.29) is 35.8 Å². The summed E-state index contributed by atoms with van der Waals surface area (Å²) in [7, 11) is 0. The fraction of sp³-hybridized carbons (Fsp3) is 0.318. The van der Waals surface area contributed by atoms with Crippen LogP contribution in [0.1, 0.15) is 24.0 Å². The Morgan fingerprint density at radius 3 is 1.77 bits per heavy atom. The number of nitrogens with zero attached hydrogens (tertiary/aromatic N) is 4. The Morgan fingerprint density at radius 2 is 1.31 bits per heavy atom. The third kappa shape index (κ3) is 6.29. The number of anilines is 5. The molecular weight excluding hydrogens is 478 g/mol. The number of nitrogens with one attached hydrogen (secondary N) is 2. The van der Waals surface area contributed by atoms with Gasteiger partial charge in [0.1, 0.15) is 0 Å². The topological polar surface area (TPSA) is 86.2 Å². The minimum Gasteiger partial charge on any atom is -0.391 e. The average molecular weight is 498 g/mol. The average Bonchev–Trinajstić information content (AvgIpc) is 2.78. The molecule has 0 amide bonds. The maximum Gasteiger partial charge on any atom is 0.416 e. The molecule has 3 aromatic rings. The monoisotopic (exact) mass is 498 g/mol. The van der Waals surface area contributed by atoms with Crippen LogP contribution in [-0.2, 0) is 12.4 Å². The number of aliphatic hydroxyl groups excluding tert-OH is 1. The Bertz CT molecular complexity index is 1110. The number of aliphatic hydroxyl groups is 1. The maximum absolute atomic E-state index is 13.1. The summed E-state index contributed by atoms with van der Waals surface area (Å²) in [5.41, 5.74) is -1.64. The highest BCUT2D eigenvalue weighted by atomic mass is 19.4. The number of hydrogen-bond acceptors (Lipinski definition) is 7. The van der Waals surface area contributed by atoms with Crippen LogP contribution in [0, 0.1) is 0 Å². The molecule has 1 atom stereocenters. The van der Waals surface area contributed by atoms with E-state index in [1.165, 1.54) is 24.3 Å². The first-order chi connectivity index (χ1) is 16.5. The maximum atomic E-state index is 13.1. The van der Waals surface area contributed by atoms with Gasteiger partial charge in [-0.2, -0.15) is 41.3 Å². The van der Waals surface area contributed by atoms with Gasteiger partial charge in [-0.15, -0.1) is 0 Å². The molecule has 13 heteroatoms. The van der Waals surface area contributed by atoms with Crippen LogP contribution in [0.3, 0.4) is 0 Å². The predicted molar refractivity (Wildman–Crippen MR) is 117 cm³/mol. The molecule has 0 radical (unpaired) electrons. The highest BCUT2D eigenvalue weighted by Gasteiger charge is 2.31. The van der Waals surface area contributed by atoms with Crippen LogP contribution in [0.15, 0.2) is 48.5 Å². The summed E-state index contributed by atoms with van der Waals surface area (Å²) in [6, 6.07) is 8.82. The highest BCUT2D eigenvalue weighted by molar-refractivity contribution is 5.60. The van der Waals surface area contributed by atoms with Crippen molar-refractivity contribution in [3.63, 3.8) is 0 Å². The summed E-state index contributed by atoms with van der Waals surface area (Å²) in [5, 5.41) is 15.4. The van der Waals surface area contributed by atoms with Gasteiger partial charge in [-0.3, -0.25) is 0 Å². The first-order valence-corrected chi connectivity index (χ1v) is 10.5. The van der Waals surface area contributed by atoms with Gasteiger partial charge >= 0.3 is 12.4 Å². The molecule has 35 heavy (non-hydrogen) atoms. The lowest BCUT2D eigenvalue weighted by Gasteiger charge is -2.30. The number of piperidine rings is 1. The molecule has 2 aromatic carbocycles.